The molecule has 29 heavy (non-hydrogen) atoms. The molecule has 0 spiro atoms. The Morgan fingerprint density at radius 3 is 2.48 bits per heavy atom. The highest BCUT2D eigenvalue weighted by molar-refractivity contribution is 7.92. The summed E-state index contributed by atoms with van der Waals surface area (Å²) >= 11 is 0. The molecule has 8 heteroatoms. The molecule has 0 atom stereocenters. The number of fused-ring (bicyclic) bond motifs is 1. The Bertz CT molecular complexity index is 1250. The topological polar surface area (TPSA) is 101 Å². The number of anilines is 1. The van der Waals surface area contributed by atoms with Crippen LogP contribution in [0.1, 0.15) is 28.4 Å². The summed E-state index contributed by atoms with van der Waals surface area (Å²) in [6, 6.07) is 13.5. The summed E-state index contributed by atoms with van der Waals surface area (Å²) in [5, 5.41) is 3.71. The number of aryl methyl sites for hydroxylation is 5. The molecule has 2 aromatic heterocycles. The van der Waals surface area contributed by atoms with Crippen molar-refractivity contribution in [2.45, 2.75) is 38.5 Å². The molecule has 0 aliphatic rings. The standard InChI is InChI=1S/C21H22N4O3S/c1-13-4-10-18-19(12-13)23-20(22-18)11-7-16-5-8-17(9-6-16)25-29(26,27)21-14(2)24-28-15(21)3/h4-6,8-10,12,25H,7,11H2,1-3H3,(H,22,23). The predicted octanol–water partition coefficient (Wildman–Crippen LogP) is 4.06. The smallest absolute Gasteiger partial charge is 0.267 e. The summed E-state index contributed by atoms with van der Waals surface area (Å²) < 4.78 is 32.7. The van der Waals surface area contributed by atoms with E-state index in [0.717, 1.165) is 35.3 Å². The first kappa shape index (κ1) is 19.2. The summed E-state index contributed by atoms with van der Waals surface area (Å²) in [7, 11) is -3.74. The normalized spacial score (nSPS) is 11.8. The number of sulfonamides is 1. The molecule has 0 radical (unpaired) electrons. The molecular weight excluding hydrogens is 388 g/mol. The number of nitrogens with zero attached hydrogens (tertiary/aromatic N) is 2. The number of benzene rings is 2. The van der Waals surface area contributed by atoms with Gasteiger partial charge in [-0.25, -0.2) is 13.4 Å². The first-order chi connectivity index (χ1) is 13.8. The van der Waals surface area contributed by atoms with Gasteiger partial charge in [-0.15, -0.1) is 0 Å². The maximum Gasteiger partial charge on any atom is 0.267 e. The van der Waals surface area contributed by atoms with E-state index in [1.54, 1.807) is 26.0 Å². The van der Waals surface area contributed by atoms with Crippen molar-refractivity contribution < 1.29 is 12.9 Å². The summed E-state index contributed by atoms with van der Waals surface area (Å²) in [6.07, 6.45) is 1.58. The minimum Gasteiger partial charge on any atom is -0.360 e. The fourth-order valence-electron chi connectivity index (χ4n) is 3.36. The van der Waals surface area contributed by atoms with Crippen LogP contribution < -0.4 is 4.72 Å². The quantitative estimate of drug-likeness (QED) is 0.499. The van der Waals surface area contributed by atoms with Crippen LogP contribution in [0.15, 0.2) is 51.9 Å². The van der Waals surface area contributed by atoms with Crippen molar-refractivity contribution >= 4 is 26.7 Å². The molecule has 0 aliphatic heterocycles. The number of rotatable bonds is 6. The lowest BCUT2D eigenvalue weighted by molar-refractivity contribution is 0.390. The molecule has 2 N–H and O–H groups in total. The fourth-order valence-corrected chi connectivity index (χ4v) is 4.75. The lowest BCUT2D eigenvalue weighted by Crippen LogP contribution is -2.14. The van der Waals surface area contributed by atoms with E-state index in [1.165, 1.54) is 5.56 Å². The Morgan fingerprint density at radius 2 is 1.79 bits per heavy atom. The van der Waals surface area contributed by atoms with Crippen LogP contribution in [0.5, 0.6) is 0 Å². The molecule has 4 rings (SSSR count). The summed E-state index contributed by atoms with van der Waals surface area (Å²) in [6.45, 7) is 5.24. The molecular formula is C21H22N4O3S. The van der Waals surface area contributed by atoms with Gasteiger partial charge in [0, 0.05) is 12.1 Å². The lowest BCUT2D eigenvalue weighted by atomic mass is 10.1. The van der Waals surface area contributed by atoms with Crippen molar-refractivity contribution in [3.8, 4) is 0 Å². The van der Waals surface area contributed by atoms with Gasteiger partial charge in [0.2, 0.25) is 0 Å². The third-order valence-corrected chi connectivity index (χ3v) is 6.40. The van der Waals surface area contributed by atoms with Crippen molar-refractivity contribution in [1.82, 2.24) is 15.1 Å². The average Bonchev–Trinajstić information content (AvgIpc) is 3.23. The van der Waals surface area contributed by atoms with Gasteiger partial charge in [0.05, 0.1) is 11.0 Å². The lowest BCUT2D eigenvalue weighted by Gasteiger charge is -2.08. The van der Waals surface area contributed by atoms with E-state index in [-0.39, 0.29) is 10.7 Å². The van der Waals surface area contributed by atoms with Crippen LogP contribution in [0, 0.1) is 20.8 Å². The zero-order chi connectivity index (χ0) is 20.6. The second-order valence-electron chi connectivity index (χ2n) is 7.16. The van der Waals surface area contributed by atoms with Gasteiger partial charge >= 0.3 is 0 Å². The molecule has 0 saturated heterocycles. The van der Waals surface area contributed by atoms with E-state index in [1.807, 2.05) is 18.2 Å². The Kier molecular flexibility index (Phi) is 4.87. The molecule has 2 heterocycles. The van der Waals surface area contributed by atoms with E-state index in [2.05, 4.69) is 38.9 Å². The molecule has 0 fully saturated rings. The zero-order valence-electron chi connectivity index (χ0n) is 16.5. The Balaban J connectivity index is 1.43. The summed E-state index contributed by atoms with van der Waals surface area (Å²) in [5.41, 5.74) is 5.14. The SMILES string of the molecule is Cc1ccc2nc(CCc3ccc(NS(=O)(=O)c4c(C)noc4C)cc3)[nH]c2c1. The van der Waals surface area contributed by atoms with Gasteiger partial charge < -0.3 is 9.51 Å². The minimum atomic E-state index is -3.74. The van der Waals surface area contributed by atoms with E-state index >= 15 is 0 Å². The Labute approximate surface area is 169 Å². The van der Waals surface area contributed by atoms with Crippen molar-refractivity contribution in [3.05, 3.63) is 70.9 Å². The first-order valence-electron chi connectivity index (χ1n) is 9.32. The Hall–Kier alpha value is -3.13. The van der Waals surface area contributed by atoms with E-state index in [0.29, 0.717) is 11.4 Å². The van der Waals surface area contributed by atoms with Gasteiger partial charge in [0.25, 0.3) is 10.0 Å². The molecule has 0 amide bonds. The number of hydrogen-bond acceptors (Lipinski definition) is 5. The second kappa shape index (κ2) is 7.36. The molecule has 7 nitrogen and oxygen atoms in total. The number of nitrogens with one attached hydrogen (secondary N) is 2. The molecule has 0 aliphatic carbocycles. The number of imidazole rings is 1. The fraction of sp³-hybridized carbons (Fsp3) is 0.238. The van der Waals surface area contributed by atoms with Gasteiger partial charge in [0.15, 0.2) is 10.7 Å². The molecule has 0 unspecified atom stereocenters. The zero-order valence-corrected chi connectivity index (χ0v) is 17.3. The highest BCUT2D eigenvalue weighted by Gasteiger charge is 2.24. The van der Waals surface area contributed by atoms with Crippen molar-refractivity contribution in [3.63, 3.8) is 0 Å². The number of aromatic nitrogens is 3. The van der Waals surface area contributed by atoms with Gasteiger partial charge in [-0.2, -0.15) is 0 Å². The number of hydrogen-bond donors (Lipinski definition) is 2. The third-order valence-electron chi connectivity index (χ3n) is 4.78. The van der Waals surface area contributed by atoms with Gasteiger partial charge in [-0.05, 0) is 62.6 Å². The van der Waals surface area contributed by atoms with Crippen LogP contribution in [0.25, 0.3) is 11.0 Å². The van der Waals surface area contributed by atoms with E-state index in [9.17, 15) is 8.42 Å². The predicted molar refractivity (Wildman–Crippen MR) is 111 cm³/mol. The highest BCUT2D eigenvalue weighted by atomic mass is 32.2. The van der Waals surface area contributed by atoms with Crippen LogP contribution >= 0.6 is 0 Å². The number of H-pyrrole nitrogens is 1. The summed E-state index contributed by atoms with van der Waals surface area (Å²) in [4.78, 5) is 8.06. The maximum atomic E-state index is 12.6. The average molecular weight is 410 g/mol. The van der Waals surface area contributed by atoms with Crippen LogP contribution in [0.2, 0.25) is 0 Å². The van der Waals surface area contributed by atoms with E-state index < -0.39 is 10.0 Å². The highest BCUT2D eigenvalue weighted by Crippen LogP contribution is 2.23. The maximum absolute atomic E-state index is 12.6. The van der Waals surface area contributed by atoms with Crippen molar-refractivity contribution in [2.24, 2.45) is 0 Å². The molecule has 0 saturated carbocycles. The summed E-state index contributed by atoms with van der Waals surface area (Å²) in [5.74, 6) is 1.21. The molecule has 4 aromatic rings. The van der Waals surface area contributed by atoms with Gasteiger partial charge in [-0.3, -0.25) is 4.72 Å². The van der Waals surface area contributed by atoms with Crippen molar-refractivity contribution in [1.29, 1.82) is 0 Å². The number of aromatic amines is 1. The first-order valence-corrected chi connectivity index (χ1v) is 10.8. The van der Waals surface area contributed by atoms with Crippen molar-refractivity contribution in [2.75, 3.05) is 4.72 Å². The minimum absolute atomic E-state index is 0.0849. The van der Waals surface area contributed by atoms with Crippen LogP contribution in [-0.2, 0) is 22.9 Å². The molecule has 150 valence electrons. The molecule has 0 bridgehead atoms. The van der Waals surface area contributed by atoms with Crippen LogP contribution in [-0.4, -0.2) is 23.5 Å². The Morgan fingerprint density at radius 1 is 1.03 bits per heavy atom. The largest absolute Gasteiger partial charge is 0.360 e. The van der Waals surface area contributed by atoms with Crippen LogP contribution in [0.4, 0.5) is 5.69 Å². The monoisotopic (exact) mass is 410 g/mol. The van der Waals surface area contributed by atoms with Gasteiger partial charge in [0.1, 0.15) is 11.5 Å². The van der Waals surface area contributed by atoms with E-state index in [4.69, 9.17) is 4.52 Å². The second-order valence-corrected chi connectivity index (χ2v) is 8.78. The van der Waals surface area contributed by atoms with Gasteiger partial charge in [-0.1, -0.05) is 23.4 Å². The third kappa shape index (κ3) is 4.02. The molecule has 2 aromatic carbocycles. The van der Waals surface area contributed by atoms with Crippen LogP contribution in [0.3, 0.4) is 0 Å².